The van der Waals surface area contributed by atoms with Crippen LogP contribution >= 0.6 is 11.3 Å². The van der Waals surface area contributed by atoms with Crippen LogP contribution in [0.5, 0.6) is 0 Å². The molecule has 1 fully saturated rings. The highest BCUT2D eigenvalue weighted by Gasteiger charge is 2.25. The van der Waals surface area contributed by atoms with Crippen LogP contribution < -0.4 is 10.9 Å². The van der Waals surface area contributed by atoms with Gasteiger partial charge in [0.1, 0.15) is 10.7 Å². The Morgan fingerprint density at radius 3 is 2.76 bits per heavy atom. The highest BCUT2D eigenvalue weighted by atomic mass is 32.1. The number of nitrogens with one attached hydrogen (secondary N) is 1. The molecule has 2 aromatic heterocycles. The third kappa shape index (κ3) is 3.01. The third-order valence-electron chi connectivity index (χ3n) is 5.72. The van der Waals surface area contributed by atoms with Crippen LogP contribution in [-0.4, -0.2) is 21.5 Å². The number of aryl methyl sites for hydroxylation is 2. The van der Waals surface area contributed by atoms with Crippen molar-refractivity contribution in [1.82, 2.24) is 14.9 Å². The molecule has 0 aromatic carbocycles. The van der Waals surface area contributed by atoms with Crippen LogP contribution in [-0.2, 0) is 13.0 Å². The minimum atomic E-state index is -0.0394. The van der Waals surface area contributed by atoms with Gasteiger partial charge in [0, 0.05) is 19.0 Å². The molecule has 0 atom stereocenters. The first-order valence-electron chi connectivity index (χ1n) is 9.38. The quantitative estimate of drug-likeness (QED) is 0.894. The molecular formula is C19H25N3O2S. The Kier molecular flexibility index (Phi) is 4.40. The van der Waals surface area contributed by atoms with Crippen molar-refractivity contribution in [3.63, 3.8) is 0 Å². The fourth-order valence-electron chi connectivity index (χ4n) is 4.11. The van der Waals surface area contributed by atoms with Crippen molar-refractivity contribution in [2.75, 3.05) is 0 Å². The molecule has 2 aromatic rings. The van der Waals surface area contributed by atoms with Gasteiger partial charge in [-0.2, -0.15) is 0 Å². The monoisotopic (exact) mass is 359 g/mol. The van der Waals surface area contributed by atoms with E-state index in [2.05, 4.69) is 12.2 Å². The smallest absolute Gasteiger partial charge is 0.262 e. The fourth-order valence-corrected chi connectivity index (χ4v) is 5.20. The van der Waals surface area contributed by atoms with E-state index in [0.717, 1.165) is 60.8 Å². The molecule has 0 bridgehead atoms. The van der Waals surface area contributed by atoms with Gasteiger partial charge < -0.3 is 5.32 Å². The fraction of sp³-hybridized carbons (Fsp3) is 0.632. The Morgan fingerprint density at radius 2 is 2.00 bits per heavy atom. The first-order chi connectivity index (χ1) is 12.0. The van der Waals surface area contributed by atoms with Crippen LogP contribution in [0.25, 0.3) is 10.2 Å². The zero-order valence-electron chi connectivity index (χ0n) is 14.9. The van der Waals surface area contributed by atoms with Gasteiger partial charge in [0.15, 0.2) is 0 Å². The zero-order valence-corrected chi connectivity index (χ0v) is 15.7. The van der Waals surface area contributed by atoms with Gasteiger partial charge in [0.25, 0.3) is 11.5 Å². The van der Waals surface area contributed by atoms with E-state index in [0.29, 0.717) is 10.3 Å². The van der Waals surface area contributed by atoms with E-state index >= 15 is 0 Å². The Hall–Kier alpha value is -1.69. The molecule has 4 rings (SSSR count). The molecule has 1 aliphatic heterocycles. The maximum atomic E-state index is 12.9. The van der Waals surface area contributed by atoms with E-state index in [9.17, 15) is 9.59 Å². The molecule has 1 saturated carbocycles. The van der Waals surface area contributed by atoms with Crippen LogP contribution in [0.4, 0.5) is 0 Å². The highest BCUT2D eigenvalue weighted by Crippen LogP contribution is 2.29. The Bertz CT molecular complexity index is 875. The topological polar surface area (TPSA) is 64.0 Å². The number of carbonyl (C=O) groups is 1. The number of rotatable bonds is 2. The van der Waals surface area contributed by atoms with Gasteiger partial charge in [-0.25, -0.2) is 4.98 Å². The molecule has 5 nitrogen and oxygen atoms in total. The zero-order chi connectivity index (χ0) is 17.6. The summed E-state index contributed by atoms with van der Waals surface area (Å²) in [4.78, 5) is 31.7. The van der Waals surface area contributed by atoms with Gasteiger partial charge in [-0.05, 0) is 56.9 Å². The second-order valence-corrected chi connectivity index (χ2v) is 8.61. The SMILES string of the molecule is Cc1c(C(=O)NC2CCC(C)CC2)sc2nc3n(c(=O)c12)CCCC3. The molecule has 1 amide bonds. The van der Waals surface area contributed by atoms with Crippen LogP contribution in [0.3, 0.4) is 0 Å². The van der Waals surface area contributed by atoms with Crippen molar-refractivity contribution in [1.29, 1.82) is 0 Å². The van der Waals surface area contributed by atoms with Gasteiger partial charge in [-0.15, -0.1) is 11.3 Å². The molecular weight excluding hydrogens is 334 g/mol. The average molecular weight is 359 g/mol. The second kappa shape index (κ2) is 6.56. The molecule has 0 unspecified atom stereocenters. The molecule has 1 aliphatic carbocycles. The van der Waals surface area contributed by atoms with E-state index in [-0.39, 0.29) is 17.5 Å². The lowest BCUT2D eigenvalue weighted by Crippen LogP contribution is -2.37. The van der Waals surface area contributed by atoms with Crippen molar-refractivity contribution in [3.8, 4) is 0 Å². The minimum absolute atomic E-state index is 0.0268. The largest absolute Gasteiger partial charge is 0.349 e. The van der Waals surface area contributed by atoms with Crippen molar-refractivity contribution in [2.45, 2.75) is 71.4 Å². The molecule has 25 heavy (non-hydrogen) atoms. The average Bonchev–Trinajstić information content (AvgIpc) is 2.94. The summed E-state index contributed by atoms with van der Waals surface area (Å²) in [6.07, 6.45) is 7.40. The van der Waals surface area contributed by atoms with Gasteiger partial charge >= 0.3 is 0 Å². The maximum Gasteiger partial charge on any atom is 0.262 e. The summed E-state index contributed by atoms with van der Waals surface area (Å²) in [5.74, 6) is 1.59. The van der Waals surface area contributed by atoms with E-state index in [1.807, 2.05) is 6.92 Å². The summed E-state index contributed by atoms with van der Waals surface area (Å²) < 4.78 is 1.80. The molecule has 3 heterocycles. The van der Waals surface area contributed by atoms with E-state index in [4.69, 9.17) is 4.98 Å². The Labute approximate surface area is 151 Å². The predicted octanol–water partition coefficient (Wildman–Crippen LogP) is 3.41. The lowest BCUT2D eigenvalue weighted by molar-refractivity contribution is 0.0926. The number of carbonyl (C=O) groups excluding carboxylic acids is 1. The number of hydrogen-bond acceptors (Lipinski definition) is 4. The summed E-state index contributed by atoms with van der Waals surface area (Å²) in [6, 6.07) is 0.260. The number of fused-ring (bicyclic) bond motifs is 2. The van der Waals surface area contributed by atoms with Crippen LogP contribution in [0.15, 0.2) is 4.79 Å². The third-order valence-corrected chi connectivity index (χ3v) is 6.90. The lowest BCUT2D eigenvalue weighted by Gasteiger charge is -2.26. The van der Waals surface area contributed by atoms with Gasteiger partial charge in [0.2, 0.25) is 0 Å². The van der Waals surface area contributed by atoms with E-state index in [1.165, 1.54) is 24.2 Å². The standard InChI is InChI=1S/C19H25N3O2S/c1-11-6-8-13(9-7-11)20-17(23)16-12(2)15-18(25-16)21-14-5-3-4-10-22(14)19(15)24/h11,13H,3-10H2,1-2H3,(H,20,23). The number of nitrogens with zero attached hydrogens (tertiary/aromatic N) is 2. The number of hydrogen-bond donors (Lipinski definition) is 1. The minimum Gasteiger partial charge on any atom is -0.349 e. The first kappa shape index (κ1) is 16.8. The number of aromatic nitrogens is 2. The summed E-state index contributed by atoms with van der Waals surface area (Å²) in [5, 5.41) is 3.82. The maximum absolute atomic E-state index is 12.9. The molecule has 0 radical (unpaired) electrons. The van der Waals surface area contributed by atoms with E-state index < -0.39 is 0 Å². The van der Waals surface area contributed by atoms with Crippen molar-refractivity contribution in [3.05, 3.63) is 26.6 Å². The second-order valence-electron chi connectivity index (χ2n) is 7.61. The highest BCUT2D eigenvalue weighted by molar-refractivity contribution is 7.20. The van der Waals surface area contributed by atoms with Crippen molar-refractivity contribution < 1.29 is 4.79 Å². The van der Waals surface area contributed by atoms with Gasteiger partial charge in [0.05, 0.1) is 10.3 Å². The molecule has 0 saturated heterocycles. The van der Waals surface area contributed by atoms with Crippen LogP contribution in [0.1, 0.15) is 66.5 Å². The Morgan fingerprint density at radius 1 is 1.24 bits per heavy atom. The lowest BCUT2D eigenvalue weighted by atomic mass is 9.87. The summed E-state index contributed by atoms with van der Waals surface area (Å²) in [7, 11) is 0. The van der Waals surface area contributed by atoms with Gasteiger partial charge in [-0.1, -0.05) is 6.92 Å². The summed E-state index contributed by atoms with van der Waals surface area (Å²) >= 11 is 1.37. The normalized spacial score (nSPS) is 23.4. The first-order valence-corrected chi connectivity index (χ1v) is 10.2. The molecule has 6 heteroatoms. The molecule has 0 spiro atoms. The predicted molar refractivity (Wildman–Crippen MR) is 100 cm³/mol. The molecule has 1 N–H and O–H groups in total. The van der Waals surface area contributed by atoms with Crippen LogP contribution in [0, 0.1) is 12.8 Å². The summed E-state index contributed by atoms with van der Waals surface area (Å²) in [6.45, 7) is 4.90. The van der Waals surface area contributed by atoms with Crippen molar-refractivity contribution >= 4 is 27.5 Å². The number of amides is 1. The summed E-state index contributed by atoms with van der Waals surface area (Å²) in [5.41, 5.74) is 0.819. The molecule has 2 aliphatic rings. The molecule has 134 valence electrons. The Balaban J connectivity index is 1.66. The van der Waals surface area contributed by atoms with Crippen molar-refractivity contribution in [2.24, 2.45) is 5.92 Å². The number of thiophene rings is 1. The van der Waals surface area contributed by atoms with E-state index in [1.54, 1.807) is 4.57 Å². The van der Waals surface area contributed by atoms with Crippen LogP contribution in [0.2, 0.25) is 0 Å². The van der Waals surface area contributed by atoms with Gasteiger partial charge in [-0.3, -0.25) is 14.2 Å².